The zero-order valence-electron chi connectivity index (χ0n) is 16.6. The highest BCUT2D eigenvalue weighted by molar-refractivity contribution is 5.94. The number of H-pyrrole nitrogens is 1. The lowest BCUT2D eigenvalue weighted by molar-refractivity contribution is -0.132. The van der Waals surface area contributed by atoms with Gasteiger partial charge in [-0.2, -0.15) is 10.2 Å². The number of ether oxygens (including phenoxy) is 3. The second-order valence-electron chi connectivity index (χ2n) is 6.10. The molecule has 0 atom stereocenters. The van der Waals surface area contributed by atoms with E-state index in [2.05, 4.69) is 20.7 Å². The lowest BCUT2D eigenvalue weighted by Gasteiger charge is -2.08. The summed E-state index contributed by atoms with van der Waals surface area (Å²) in [7, 11) is 3.06. The van der Waals surface area contributed by atoms with Crippen LogP contribution in [-0.2, 0) is 4.79 Å². The molecule has 9 heteroatoms. The first kappa shape index (κ1) is 20.6. The molecule has 154 valence electrons. The lowest BCUT2D eigenvalue weighted by Crippen LogP contribution is -2.18. The Labute approximate surface area is 172 Å². The highest BCUT2D eigenvalue weighted by atomic mass is 16.6. The number of nitrogens with one attached hydrogen (secondary N) is 2. The second kappa shape index (κ2) is 9.37. The van der Waals surface area contributed by atoms with Gasteiger partial charge in [0.15, 0.2) is 11.5 Å². The first-order chi connectivity index (χ1) is 14.5. The molecule has 2 aromatic carbocycles. The van der Waals surface area contributed by atoms with E-state index >= 15 is 0 Å². The van der Waals surface area contributed by atoms with Crippen molar-refractivity contribution < 1.29 is 23.8 Å². The number of amides is 1. The number of aromatic amines is 1. The van der Waals surface area contributed by atoms with Crippen LogP contribution in [0.1, 0.15) is 23.0 Å². The van der Waals surface area contributed by atoms with E-state index in [1.54, 1.807) is 31.4 Å². The summed E-state index contributed by atoms with van der Waals surface area (Å²) in [6.07, 6.45) is 1.44. The third-order valence-electron chi connectivity index (χ3n) is 4.03. The van der Waals surface area contributed by atoms with Crippen molar-refractivity contribution in [3.05, 3.63) is 59.8 Å². The fraction of sp³-hybridized carbons (Fsp3) is 0.143. The molecule has 0 spiro atoms. The Morgan fingerprint density at radius 2 is 1.80 bits per heavy atom. The maximum Gasteiger partial charge on any atom is 0.308 e. The van der Waals surface area contributed by atoms with Gasteiger partial charge in [0, 0.05) is 12.5 Å². The standard InChI is InChI=1S/C21H20N4O5/c1-13(26)30-19-9-4-14(10-20(19)29-3)12-22-25-21(27)18-11-17(23-24-18)15-5-7-16(28-2)8-6-15/h4-12H,1-3H3,(H,23,24)(H,25,27). The van der Waals surface area contributed by atoms with E-state index in [9.17, 15) is 9.59 Å². The fourth-order valence-corrected chi connectivity index (χ4v) is 2.58. The Bertz CT molecular complexity index is 1070. The summed E-state index contributed by atoms with van der Waals surface area (Å²) < 4.78 is 15.4. The number of carbonyl (C=O) groups excluding carboxylic acids is 2. The van der Waals surface area contributed by atoms with E-state index in [1.807, 2.05) is 24.3 Å². The van der Waals surface area contributed by atoms with Gasteiger partial charge in [0.05, 0.1) is 26.1 Å². The Morgan fingerprint density at radius 1 is 1.03 bits per heavy atom. The van der Waals surface area contributed by atoms with Crippen LogP contribution in [-0.4, -0.2) is 42.5 Å². The minimum absolute atomic E-state index is 0.265. The Hall–Kier alpha value is -4.14. The maximum atomic E-state index is 12.3. The van der Waals surface area contributed by atoms with Crippen LogP contribution in [0.25, 0.3) is 11.3 Å². The summed E-state index contributed by atoms with van der Waals surface area (Å²) in [6, 6.07) is 13.8. The number of aromatic nitrogens is 2. The Kier molecular flexibility index (Phi) is 6.43. The van der Waals surface area contributed by atoms with Gasteiger partial charge in [0.2, 0.25) is 0 Å². The van der Waals surface area contributed by atoms with E-state index in [0.29, 0.717) is 22.8 Å². The predicted octanol–water partition coefficient (Wildman–Crippen LogP) is 2.78. The van der Waals surface area contributed by atoms with E-state index < -0.39 is 11.9 Å². The molecule has 0 fully saturated rings. The first-order valence-electron chi connectivity index (χ1n) is 8.90. The van der Waals surface area contributed by atoms with Crippen LogP contribution in [0, 0.1) is 0 Å². The van der Waals surface area contributed by atoms with Crippen molar-refractivity contribution in [2.24, 2.45) is 5.10 Å². The molecule has 3 aromatic rings. The van der Waals surface area contributed by atoms with Crippen molar-refractivity contribution in [3.63, 3.8) is 0 Å². The third kappa shape index (κ3) is 5.02. The minimum Gasteiger partial charge on any atom is -0.497 e. The molecule has 0 radical (unpaired) electrons. The molecule has 0 unspecified atom stereocenters. The number of esters is 1. The third-order valence-corrected chi connectivity index (χ3v) is 4.03. The fourth-order valence-electron chi connectivity index (χ4n) is 2.58. The van der Waals surface area contributed by atoms with Crippen LogP contribution in [0.15, 0.2) is 53.6 Å². The van der Waals surface area contributed by atoms with E-state index in [-0.39, 0.29) is 5.69 Å². The summed E-state index contributed by atoms with van der Waals surface area (Å²) in [5.74, 6) is 0.518. The average Bonchev–Trinajstić information content (AvgIpc) is 3.24. The number of hydrogen-bond donors (Lipinski definition) is 2. The van der Waals surface area contributed by atoms with Crippen LogP contribution in [0.4, 0.5) is 0 Å². The van der Waals surface area contributed by atoms with Crippen molar-refractivity contribution in [2.45, 2.75) is 6.92 Å². The second-order valence-corrected chi connectivity index (χ2v) is 6.10. The Morgan fingerprint density at radius 3 is 2.47 bits per heavy atom. The quantitative estimate of drug-likeness (QED) is 0.269. The normalized spacial score (nSPS) is 10.6. The molecule has 0 aliphatic heterocycles. The Balaban J connectivity index is 1.64. The molecule has 0 aliphatic rings. The number of rotatable bonds is 7. The molecule has 1 amide bonds. The van der Waals surface area contributed by atoms with Gasteiger partial charge in [-0.15, -0.1) is 0 Å². The van der Waals surface area contributed by atoms with Crippen LogP contribution < -0.4 is 19.6 Å². The number of nitrogens with zero attached hydrogens (tertiary/aromatic N) is 2. The van der Waals surface area contributed by atoms with E-state index in [0.717, 1.165) is 11.3 Å². The summed E-state index contributed by atoms with van der Waals surface area (Å²) in [5, 5.41) is 10.8. The van der Waals surface area contributed by atoms with E-state index in [4.69, 9.17) is 14.2 Å². The molecule has 2 N–H and O–H groups in total. The van der Waals surface area contributed by atoms with Crippen molar-refractivity contribution in [1.29, 1.82) is 0 Å². The first-order valence-corrected chi connectivity index (χ1v) is 8.90. The van der Waals surface area contributed by atoms with Crippen LogP contribution in [0.3, 0.4) is 0 Å². The summed E-state index contributed by atoms with van der Waals surface area (Å²) >= 11 is 0. The molecule has 9 nitrogen and oxygen atoms in total. The molecule has 0 aliphatic carbocycles. The van der Waals surface area contributed by atoms with Gasteiger partial charge < -0.3 is 14.2 Å². The average molecular weight is 408 g/mol. The SMILES string of the molecule is COc1ccc(-c2cc(C(=O)NN=Cc3ccc(OC(C)=O)c(OC)c3)[nH]n2)cc1. The molecule has 0 saturated heterocycles. The van der Waals surface area contributed by atoms with Crippen molar-refractivity contribution in [1.82, 2.24) is 15.6 Å². The smallest absolute Gasteiger partial charge is 0.308 e. The highest BCUT2D eigenvalue weighted by Crippen LogP contribution is 2.27. The van der Waals surface area contributed by atoms with Crippen LogP contribution in [0.5, 0.6) is 17.2 Å². The zero-order chi connectivity index (χ0) is 21.5. The lowest BCUT2D eigenvalue weighted by atomic mass is 10.1. The van der Waals surface area contributed by atoms with Gasteiger partial charge in [-0.25, -0.2) is 5.43 Å². The molecule has 1 heterocycles. The minimum atomic E-state index is -0.449. The number of hydrazone groups is 1. The largest absolute Gasteiger partial charge is 0.497 e. The molecule has 3 rings (SSSR count). The van der Waals surface area contributed by atoms with Crippen molar-refractivity contribution in [3.8, 4) is 28.5 Å². The maximum absolute atomic E-state index is 12.3. The topological polar surface area (TPSA) is 115 Å². The van der Waals surface area contributed by atoms with E-state index in [1.165, 1.54) is 20.2 Å². The van der Waals surface area contributed by atoms with Gasteiger partial charge in [0.25, 0.3) is 5.91 Å². The summed E-state index contributed by atoms with van der Waals surface area (Å²) in [5.41, 5.74) is 4.80. The number of hydrogen-bond acceptors (Lipinski definition) is 7. The summed E-state index contributed by atoms with van der Waals surface area (Å²) in [6.45, 7) is 1.31. The summed E-state index contributed by atoms with van der Waals surface area (Å²) in [4.78, 5) is 23.4. The van der Waals surface area contributed by atoms with Gasteiger partial charge in [-0.05, 0) is 54.1 Å². The predicted molar refractivity (Wildman–Crippen MR) is 110 cm³/mol. The van der Waals surface area contributed by atoms with Crippen molar-refractivity contribution in [2.75, 3.05) is 14.2 Å². The van der Waals surface area contributed by atoms with Crippen LogP contribution >= 0.6 is 0 Å². The van der Waals surface area contributed by atoms with Gasteiger partial charge in [-0.1, -0.05) is 0 Å². The zero-order valence-corrected chi connectivity index (χ0v) is 16.6. The van der Waals surface area contributed by atoms with Gasteiger partial charge in [-0.3, -0.25) is 14.7 Å². The van der Waals surface area contributed by atoms with Gasteiger partial charge in [0.1, 0.15) is 11.4 Å². The molecule has 1 aromatic heterocycles. The number of benzene rings is 2. The molecular formula is C21H20N4O5. The number of carbonyl (C=O) groups is 2. The molecule has 30 heavy (non-hydrogen) atoms. The molecular weight excluding hydrogens is 388 g/mol. The van der Waals surface area contributed by atoms with Gasteiger partial charge >= 0.3 is 5.97 Å². The number of methoxy groups -OCH3 is 2. The van der Waals surface area contributed by atoms with Crippen molar-refractivity contribution >= 4 is 18.1 Å². The highest BCUT2D eigenvalue weighted by Gasteiger charge is 2.11. The van der Waals surface area contributed by atoms with Crippen LogP contribution in [0.2, 0.25) is 0 Å². The monoisotopic (exact) mass is 408 g/mol. The molecule has 0 bridgehead atoms. The molecule has 0 saturated carbocycles.